The molecular weight excluding hydrogens is 454 g/mol. The Kier molecular flexibility index (Phi) is 5.04. The lowest BCUT2D eigenvalue weighted by Crippen LogP contribution is -2.60. The van der Waals surface area contributed by atoms with Crippen molar-refractivity contribution in [2.45, 2.75) is 89.9 Å². The van der Waals surface area contributed by atoms with Crippen molar-refractivity contribution in [2.24, 2.45) is 22.7 Å². The first-order chi connectivity index (χ1) is 17.1. The molecule has 3 saturated carbocycles. The molecule has 6 rings (SSSR count). The Labute approximate surface area is 212 Å². The molecule has 2 bridgehead atoms. The van der Waals surface area contributed by atoms with Crippen LogP contribution in [0.3, 0.4) is 0 Å². The second kappa shape index (κ2) is 7.65. The van der Waals surface area contributed by atoms with E-state index in [1.807, 2.05) is 17.7 Å². The SMILES string of the molecule is CCOC(=O)[C@]1(C)CCC[C@@]2(C)[C@@H]3CC[C@@]4(C)C[C@]3(CC[C@@H]21)c1cnn(-c2cccc([N+](=O)[O-])c2)c14. The van der Waals surface area contributed by atoms with Crippen molar-refractivity contribution in [2.75, 3.05) is 6.61 Å². The van der Waals surface area contributed by atoms with Gasteiger partial charge in [0.1, 0.15) is 0 Å². The summed E-state index contributed by atoms with van der Waals surface area (Å²) in [6.45, 7) is 9.33. The molecule has 36 heavy (non-hydrogen) atoms. The molecule has 0 amide bonds. The van der Waals surface area contributed by atoms with Crippen LogP contribution in [0.2, 0.25) is 0 Å². The van der Waals surface area contributed by atoms with Crippen LogP contribution in [0.15, 0.2) is 30.5 Å². The molecule has 0 unspecified atom stereocenters. The predicted molar refractivity (Wildman–Crippen MR) is 136 cm³/mol. The number of nitrogens with zero attached hydrogens (tertiary/aromatic N) is 3. The molecular formula is C29H37N3O4. The third kappa shape index (κ3) is 2.91. The van der Waals surface area contributed by atoms with Gasteiger partial charge in [0, 0.05) is 28.5 Å². The maximum Gasteiger partial charge on any atom is 0.312 e. The van der Waals surface area contributed by atoms with E-state index in [1.165, 1.54) is 17.3 Å². The topological polar surface area (TPSA) is 87.3 Å². The van der Waals surface area contributed by atoms with Crippen molar-refractivity contribution in [3.63, 3.8) is 0 Å². The van der Waals surface area contributed by atoms with Gasteiger partial charge < -0.3 is 4.74 Å². The Balaban J connectivity index is 1.44. The third-order valence-corrected chi connectivity index (χ3v) is 10.9. The van der Waals surface area contributed by atoms with Crippen LogP contribution in [0.1, 0.15) is 90.3 Å². The van der Waals surface area contributed by atoms with Crippen molar-refractivity contribution < 1.29 is 14.5 Å². The molecule has 1 heterocycles. The van der Waals surface area contributed by atoms with Crippen molar-refractivity contribution in [3.05, 3.63) is 51.8 Å². The predicted octanol–water partition coefficient (Wildman–Crippen LogP) is 6.26. The van der Waals surface area contributed by atoms with Crippen LogP contribution in [-0.2, 0) is 20.4 Å². The van der Waals surface area contributed by atoms with Gasteiger partial charge in [-0.15, -0.1) is 0 Å². The van der Waals surface area contributed by atoms with Crippen LogP contribution in [0.5, 0.6) is 0 Å². The first kappa shape index (κ1) is 23.7. The molecule has 1 aromatic heterocycles. The van der Waals surface area contributed by atoms with Gasteiger partial charge in [-0.3, -0.25) is 14.9 Å². The van der Waals surface area contributed by atoms with Crippen LogP contribution in [0.4, 0.5) is 5.69 Å². The fourth-order valence-electron chi connectivity index (χ4n) is 9.64. The van der Waals surface area contributed by atoms with Crippen molar-refractivity contribution in [1.82, 2.24) is 9.78 Å². The summed E-state index contributed by atoms with van der Waals surface area (Å²) in [5.41, 5.74) is 3.16. The first-order valence-electron chi connectivity index (χ1n) is 13.6. The smallest absolute Gasteiger partial charge is 0.312 e. The lowest BCUT2D eigenvalue weighted by molar-refractivity contribution is -0.384. The second-order valence-electron chi connectivity index (χ2n) is 12.7. The van der Waals surface area contributed by atoms with E-state index in [2.05, 4.69) is 27.0 Å². The summed E-state index contributed by atoms with van der Waals surface area (Å²) in [5, 5.41) is 16.3. The largest absolute Gasteiger partial charge is 0.466 e. The number of nitro benzene ring substituents is 1. The highest BCUT2D eigenvalue weighted by atomic mass is 16.6. The zero-order valence-electron chi connectivity index (χ0n) is 21.9. The van der Waals surface area contributed by atoms with Gasteiger partial charge in [-0.05, 0) is 82.1 Å². The molecule has 3 fully saturated rings. The number of carbonyl (C=O) groups is 1. The van der Waals surface area contributed by atoms with Gasteiger partial charge in [-0.2, -0.15) is 5.10 Å². The lowest BCUT2D eigenvalue weighted by Gasteiger charge is -2.64. The van der Waals surface area contributed by atoms with Gasteiger partial charge in [-0.1, -0.05) is 26.3 Å². The van der Waals surface area contributed by atoms with E-state index in [1.54, 1.807) is 12.1 Å². The number of nitro groups is 1. The second-order valence-corrected chi connectivity index (χ2v) is 12.7. The molecule has 0 N–H and O–H groups in total. The highest BCUT2D eigenvalue weighted by Crippen LogP contribution is 2.73. The van der Waals surface area contributed by atoms with Crippen molar-refractivity contribution >= 4 is 11.7 Å². The van der Waals surface area contributed by atoms with E-state index in [0.717, 1.165) is 57.1 Å². The zero-order valence-corrected chi connectivity index (χ0v) is 21.9. The number of non-ortho nitro benzene ring substituents is 1. The minimum Gasteiger partial charge on any atom is -0.466 e. The van der Waals surface area contributed by atoms with E-state index >= 15 is 0 Å². The van der Waals surface area contributed by atoms with Crippen LogP contribution in [0, 0.1) is 32.8 Å². The van der Waals surface area contributed by atoms with Crippen LogP contribution in [-0.4, -0.2) is 27.3 Å². The molecule has 4 aliphatic carbocycles. The molecule has 6 atom stereocenters. The van der Waals surface area contributed by atoms with E-state index < -0.39 is 5.41 Å². The molecule has 192 valence electrons. The monoisotopic (exact) mass is 491 g/mol. The number of fused-ring (bicyclic) bond motifs is 5. The van der Waals surface area contributed by atoms with Gasteiger partial charge in [0.05, 0.1) is 34.5 Å². The fourth-order valence-corrected chi connectivity index (χ4v) is 9.64. The molecule has 0 radical (unpaired) electrons. The first-order valence-corrected chi connectivity index (χ1v) is 13.6. The van der Waals surface area contributed by atoms with Gasteiger partial charge >= 0.3 is 5.97 Å². The zero-order chi connectivity index (χ0) is 25.5. The van der Waals surface area contributed by atoms with Crippen LogP contribution < -0.4 is 0 Å². The quantitative estimate of drug-likeness (QED) is 0.286. The number of hydrogen-bond acceptors (Lipinski definition) is 5. The molecule has 2 aromatic rings. The molecule has 0 aliphatic heterocycles. The van der Waals surface area contributed by atoms with Crippen LogP contribution in [0.25, 0.3) is 5.69 Å². The number of ether oxygens (including phenoxy) is 1. The van der Waals surface area contributed by atoms with E-state index in [-0.39, 0.29) is 32.8 Å². The Bertz CT molecular complexity index is 1250. The lowest BCUT2D eigenvalue weighted by atomic mass is 9.40. The van der Waals surface area contributed by atoms with E-state index in [4.69, 9.17) is 9.84 Å². The summed E-state index contributed by atoms with van der Waals surface area (Å²) in [5.74, 6) is 0.812. The maximum absolute atomic E-state index is 13.2. The average molecular weight is 492 g/mol. The van der Waals surface area contributed by atoms with Crippen molar-refractivity contribution in [3.8, 4) is 5.69 Å². The minimum atomic E-state index is -0.417. The molecule has 1 spiro atoms. The Morgan fingerprint density at radius 2 is 1.94 bits per heavy atom. The molecule has 1 aromatic carbocycles. The molecule has 0 saturated heterocycles. The van der Waals surface area contributed by atoms with E-state index in [9.17, 15) is 14.9 Å². The number of hydrogen-bond donors (Lipinski definition) is 0. The highest BCUT2D eigenvalue weighted by Gasteiger charge is 2.68. The Hall–Kier alpha value is -2.70. The summed E-state index contributed by atoms with van der Waals surface area (Å²) < 4.78 is 7.61. The van der Waals surface area contributed by atoms with Gasteiger partial charge in [-0.25, -0.2) is 4.68 Å². The number of rotatable bonds is 4. The van der Waals surface area contributed by atoms with Crippen molar-refractivity contribution in [1.29, 1.82) is 0 Å². The highest BCUT2D eigenvalue weighted by molar-refractivity contribution is 5.77. The molecule has 7 heteroatoms. The summed E-state index contributed by atoms with van der Waals surface area (Å²) in [4.78, 5) is 24.3. The molecule has 4 aliphatic rings. The summed E-state index contributed by atoms with van der Waals surface area (Å²) in [6, 6.07) is 6.84. The van der Waals surface area contributed by atoms with Gasteiger partial charge in [0.2, 0.25) is 0 Å². The number of aromatic nitrogens is 2. The minimum absolute atomic E-state index is 0.00470. The van der Waals surface area contributed by atoms with Gasteiger partial charge in [0.25, 0.3) is 5.69 Å². The Morgan fingerprint density at radius 3 is 2.69 bits per heavy atom. The standard InChI is InChI=1S/C29H37N3O4/c1-5-36-25(33)28(4)13-7-12-27(3)22(28)11-15-29-18-26(2,14-10-23(27)29)24-21(29)17-30-31(24)19-8-6-9-20(16-19)32(34)35/h6,8-9,16-17,22-23H,5,7,10-15,18H2,1-4H3/t22-,23-,26-,27+,28+,29+/m0/s1. The average Bonchev–Trinajstić information content (AvgIpc) is 3.37. The van der Waals surface area contributed by atoms with E-state index in [0.29, 0.717) is 18.4 Å². The van der Waals surface area contributed by atoms with Crippen LogP contribution >= 0.6 is 0 Å². The molecule has 7 nitrogen and oxygen atoms in total. The number of carbonyl (C=O) groups excluding carboxylic acids is 1. The summed E-state index contributed by atoms with van der Waals surface area (Å²) in [6.07, 6.45) is 10.6. The Morgan fingerprint density at radius 1 is 1.17 bits per heavy atom. The normalized spacial score (nSPS) is 38.6. The maximum atomic E-state index is 13.2. The summed E-state index contributed by atoms with van der Waals surface area (Å²) in [7, 11) is 0. The number of esters is 1. The summed E-state index contributed by atoms with van der Waals surface area (Å²) >= 11 is 0. The number of benzene rings is 1. The third-order valence-electron chi connectivity index (χ3n) is 10.9. The fraction of sp³-hybridized carbons (Fsp3) is 0.655. The van der Waals surface area contributed by atoms with Gasteiger partial charge in [0.15, 0.2) is 0 Å².